The zero-order valence-corrected chi connectivity index (χ0v) is 25.5. The van der Waals surface area contributed by atoms with Gasteiger partial charge in [-0.2, -0.15) is 0 Å². The van der Waals surface area contributed by atoms with Gasteiger partial charge in [-0.15, -0.1) is 0 Å². The van der Waals surface area contributed by atoms with Crippen molar-refractivity contribution < 1.29 is 46.1 Å². The number of benzene rings is 2. The van der Waals surface area contributed by atoms with Crippen molar-refractivity contribution in [3.8, 4) is 5.75 Å². The topological polar surface area (TPSA) is 188 Å². The fourth-order valence-corrected chi connectivity index (χ4v) is 5.42. The van der Waals surface area contributed by atoms with E-state index < -0.39 is 37.9 Å². The van der Waals surface area contributed by atoms with Crippen LogP contribution in [0.25, 0.3) is 0 Å². The van der Waals surface area contributed by atoms with Gasteiger partial charge >= 0.3 is 100 Å². The number of carbonyl (C=O) groups is 4. The molecule has 0 aliphatic heterocycles. The third-order valence-corrected chi connectivity index (χ3v) is 8.09. The van der Waals surface area contributed by atoms with Gasteiger partial charge in [0.1, 0.15) is 0 Å². The minimum absolute atomic E-state index is 0.0872. The van der Waals surface area contributed by atoms with Crippen LogP contribution in [0.3, 0.4) is 0 Å². The van der Waals surface area contributed by atoms with Crippen LogP contribution in [0.15, 0.2) is 42.5 Å². The van der Waals surface area contributed by atoms with E-state index in [1.165, 1.54) is 57.2 Å². The van der Waals surface area contributed by atoms with Crippen LogP contribution in [-0.2, 0) is 29.3 Å². The molecular formula is C29H40AsNO10. The molecule has 0 saturated carbocycles. The SMILES string of the molecule is CC(=O)Nc1c(O)cccc1[As](=O)(O)O.CCCCCCCCc1ccc(C(=O)CC(C(=O)O)C(=O)OCC)cc1. The molecule has 0 spiro atoms. The predicted molar refractivity (Wildman–Crippen MR) is 153 cm³/mol. The average Bonchev–Trinajstić information content (AvgIpc) is 2.90. The van der Waals surface area contributed by atoms with Crippen molar-refractivity contribution in [3.63, 3.8) is 0 Å². The molecule has 2 rings (SSSR count). The molecule has 41 heavy (non-hydrogen) atoms. The first-order valence-corrected chi connectivity index (χ1v) is 16.9. The largest absolute Gasteiger partial charge is 0.481 e. The summed E-state index contributed by atoms with van der Waals surface area (Å²) in [7, 11) is 0. The molecule has 12 heteroatoms. The number of amides is 1. The molecule has 5 N–H and O–H groups in total. The molecule has 2 aromatic rings. The molecule has 1 amide bonds. The number of carboxylic acid groups (broad SMARTS) is 1. The Morgan fingerprint density at radius 3 is 2.07 bits per heavy atom. The van der Waals surface area contributed by atoms with Crippen LogP contribution in [0, 0.1) is 5.92 Å². The summed E-state index contributed by atoms with van der Waals surface area (Å²) in [4.78, 5) is 45.9. The fraction of sp³-hybridized carbons (Fsp3) is 0.448. The summed E-state index contributed by atoms with van der Waals surface area (Å²) in [6.07, 6.45) is 8.01. The van der Waals surface area contributed by atoms with Crippen LogP contribution >= 0.6 is 0 Å². The summed E-state index contributed by atoms with van der Waals surface area (Å²) in [5.74, 6) is -4.90. The van der Waals surface area contributed by atoms with Gasteiger partial charge in [-0.1, -0.05) is 63.3 Å². The Hall–Kier alpha value is -3.40. The monoisotopic (exact) mass is 637 g/mol. The smallest absolute Gasteiger partial charge is 0.320 e. The summed E-state index contributed by atoms with van der Waals surface area (Å²) < 4.78 is 33.5. The number of aromatic hydroxyl groups is 1. The van der Waals surface area contributed by atoms with E-state index in [-0.39, 0.29) is 34.6 Å². The maximum atomic E-state index is 12.3. The van der Waals surface area contributed by atoms with E-state index in [1.807, 2.05) is 12.1 Å². The van der Waals surface area contributed by atoms with Crippen LogP contribution < -0.4 is 9.67 Å². The Labute approximate surface area is 242 Å². The summed E-state index contributed by atoms with van der Waals surface area (Å²) in [5, 5.41) is 20.7. The second-order valence-electron chi connectivity index (χ2n) is 9.38. The minimum Gasteiger partial charge on any atom is -0.481 e. The van der Waals surface area contributed by atoms with Crippen molar-refractivity contribution in [1.82, 2.24) is 0 Å². The maximum absolute atomic E-state index is 12.3. The fourth-order valence-electron chi connectivity index (χ4n) is 3.86. The Morgan fingerprint density at radius 1 is 0.927 bits per heavy atom. The number of ether oxygens (including phenoxy) is 1. The number of ketones is 1. The van der Waals surface area contributed by atoms with Crippen LogP contribution in [0.5, 0.6) is 5.75 Å². The molecular weight excluding hydrogens is 597 g/mol. The van der Waals surface area contributed by atoms with Gasteiger partial charge in [0.25, 0.3) is 0 Å². The second-order valence-corrected chi connectivity index (χ2v) is 12.7. The molecule has 0 saturated heterocycles. The van der Waals surface area contributed by atoms with Crippen molar-refractivity contribution in [2.45, 2.75) is 72.1 Å². The molecule has 11 nitrogen and oxygen atoms in total. The van der Waals surface area contributed by atoms with Crippen LogP contribution in [-0.4, -0.2) is 62.8 Å². The normalized spacial score (nSPS) is 11.5. The van der Waals surface area contributed by atoms with Crippen LogP contribution in [0.1, 0.15) is 81.6 Å². The number of esters is 1. The van der Waals surface area contributed by atoms with E-state index >= 15 is 0 Å². The molecule has 0 bridgehead atoms. The summed E-state index contributed by atoms with van der Waals surface area (Å²) in [5.41, 5.74) is 1.36. The average molecular weight is 638 g/mol. The van der Waals surface area contributed by atoms with E-state index in [4.69, 9.17) is 18.0 Å². The van der Waals surface area contributed by atoms with E-state index in [1.54, 1.807) is 19.1 Å². The number of hydrogen-bond acceptors (Lipinski definition) is 7. The Bertz CT molecular complexity index is 1210. The van der Waals surface area contributed by atoms with Gasteiger partial charge < -0.3 is 9.84 Å². The number of rotatable bonds is 15. The first-order valence-electron chi connectivity index (χ1n) is 13.5. The van der Waals surface area contributed by atoms with Gasteiger partial charge in [0, 0.05) is 12.0 Å². The van der Waals surface area contributed by atoms with Gasteiger partial charge in [-0.05, 0) is 25.3 Å². The number of phenols is 1. The van der Waals surface area contributed by atoms with Crippen LogP contribution in [0.2, 0.25) is 0 Å². The number of Topliss-reactive ketones (excluding diaryl/α,β-unsaturated/α-hetero) is 1. The molecule has 226 valence electrons. The first-order chi connectivity index (χ1) is 19.3. The number of aliphatic carboxylic acids is 1. The van der Waals surface area contributed by atoms with Gasteiger partial charge in [-0.25, -0.2) is 0 Å². The maximum Gasteiger partial charge on any atom is 0.320 e. The second kappa shape index (κ2) is 18.1. The van der Waals surface area contributed by atoms with Gasteiger partial charge in [0.2, 0.25) is 0 Å². The standard InChI is InChI=1S/C21H30O5.C8H10AsNO5/c1-3-5-6-7-8-9-10-16-11-13-17(14-12-16)19(22)15-18(20(23)24)21(25)26-4-2;1-5(11)10-8-6(9(13,14)15)3-2-4-7(8)12/h11-14,18H,3-10,15H2,1-2H3,(H,23,24);2-4,12H,1H3,(H,10,11)(H2,13,14,15). The van der Waals surface area contributed by atoms with E-state index in [0.717, 1.165) is 18.4 Å². The molecule has 1 atom stereocenters. The molecule has 0 aromatic heterocycles. The zero-order valence-electron chi connectivity index (χ0n) is 23.7. The Morgan fingerprint density at radius 2 is 1.54 bits per heavy atom. The summed E-state index contributed by atoms with van der Waals surface area (Å²) >= 11 is -5.14. The molecule has 0 heterocycles. The van der Waals surface area contributed by atoms with Crippen molar-refractivity contribution in [2.75, 3.05) is 11.9 Å². The molecule has 0 radical (unpaired) electrons. The van der Waals surface area contributed by atoms with Gasteiger partial charge in [0.05, 0.1) is 6.61 Å². The van der Waals surface area contributed by atoms with Gasteiger partial charge in [-0.3, -0.25) is 14.4 Å². The first kappa shape index (κ1) is 35.6. The number of carbonyl (C=O) groups excluding carboxylic acids is 3. The number of aryl methyl sites for hydroxylation is 1. The van der Waals surface area contributed by atoms with E-state index in [0.29, 0.717) is 5.56 Å². The van der Waals surface area contributed by atoms with Crippen molar-refractivity contribution in [3.05, 3.63) is 53.6 Å². The number of hydrogen-bond donors (Lipinski definition) is 5. The number of anilines is 1. The van der Waals surface area contributed by atoms with E-state index in [9.17, 15) is 28.0 Å². The summed E-state index contributed by atoms with van der Waals surface area (Å²) in [6.45, 7) is 5.07. The number of nitrogens with one attached hydrogen (secondary N) is 1. The quantitative estimate of drug-likeness (QED) is 0.0484. The zero-order chi connectivity index (χ0) is 31.0. The molecule has 0 aliphatic carbocycles. The third-order valence-electron chi connectivity index (χ3n) is 5.99. The van der Waals surface area contributed by atoms with E-state index in [2.05, 4.69) is 12.2 Å². The van der Waals surface area contributed by atoms with Crippen molar-refractivity contribution >= 4 is 47.8 Å². The van der Waals surface area contributed by atoms with Crippen LogP contribution in [0.4, 0.5) is 5.69 Å². The summed E-state index contributed by atoms with van der Waals surface area (Å²) in [6, 6.07) is 10.9. The minimum atomic E-state index is -5.14. The number of carboxylic acids is 1. The number of unbranched alkanes of at least 4 members (excludes halogenated alkanes) is 5. The molecule has 2 aromatic carbocycles. The predicted octanol–water partition coefficient (Wildman–Crippen LogP) is 3.34. The van der Waals surface area contributed by atoms with Gasteiger partial charge in [0.15, 0.2) is 11.7 Å². The number of para-hydroxylation sites is 1. The molecule has 0 aliphatic rings. The Balaban J connectivity index is 0.000000474. The number of phenolic OH excluding ortho intramolecular Hbond substituents is 1. The van der Waals surface area contributed by atoms with Crippen molar-refractivity contribution in [2.24, 2.45) is 5.92 Å². The molecule has 1 unspecified atom stereocenters. The van der Waals surface area contributed by atoms with Crippen molar-refractivity contribution in [1.29, 1.82) is 0 Å². The molecule has 0 fully saturated rings. The Kier molecular flexibility index (Phi) is 15.7. The third kappa shape index (κ3) is 13.2.